The number of benzene rings is 2. The fourth-order valence-electron chi connectivity index (χ4n) is 4.37. The molecule has 2 aliphatic heterocycles. The maximum atomic E-state index is 13.1. The van der Waals surface area contributed by atoms with Crippen molar-refractivity contribution in [2.75, 3.05) is 33.2 Å². The van der Waals surface area contributed by atoms with Crippen LogP contribution in [-0.2, 0) is 23.1 Å². The Balaban J connectivity index is 1.29. The van der Waals surface area contributed by atoms with Gasteiger partial charge in [0.25, 0.3) is 15.9 Å². The van der Waals surface area contributed by atoms with Crippen molar-refractivity contribution in [2.45, 2.75) is 18.1 Å². The van der Waals surface area contributed by atoms with Crippen molar-refractivity contribution in [1.82, 2.24) is 19.1 Å². The van der Waals surface area contributed by atoms with Crippen LogP contribution in [-0.4, -0.2) is 66.6 Å². The second-order valence-corrected chi connectivity index (χ2v) is 10.6. The Bertz CT molecular complexity index is 1280. The number of carbonyl (C=O) groups excluding carboxylic acids is 1. The fourth-order valence-corrected chi connectivity index (χ4v) is 5.98. The molecule has 2 aliphatic rings. The standard InChI is InChI=1S/C22H23ClN4O3S/c1-25-13-16-3-2-15(10-18(16)14-25)22(28)26-6-8-27(9-7-26)31(29,30)21-12-17-11-19(23)4-5-20(17)24-21/h2-5,10-12,24H,6-9,13-14H2,1H3. The number of sulfonamides is 1. The van der Waals surface area contributed by atoms with Gasteiger partial charge in [0.05, 0.1) is 0 Å². The first-order chi connectivity index (χ1) is 14.8. The van der Waals surface area contributed by atoms with Crippen molar-refractivity contribution in [3.63, 3.8) is 0 Å². The van der Waals surface area contributed by atoms with Crippen LogP contribution in [0.4, 0.5) is 0 Å². The van der Waals surface area contributed by atoms with E-state index in [1.165, 1.54) is 15.4 Å². The molecule has 0 saturated carbocycles. The van der Waals surface area contributed by atoms with Gasteiger partial charge < -0.3 is 9.88 Å². The molecule has 0 atom stereocenters. The van der Waals surface area contributed by atoms with Crippen LogP contribution in [0, 0.1) is 0 Å². The van der Waals surface area contributed by atoms with E-state index in [1.54, 1.807) is 29.2 Å². The number of rotatable bonds is 3. The molecule has 0 spiro atoms. The molecular formula is C22H23ClN4O3S. The van der Waals surface area contributed by atoms with E-state index in [0.29, 0.717) is 23.7 Å². The molecule has 1 amide bonds. The molecule has 1 N–H and O–H groups in total. The molecule has 3 aromatic rings. The lowest BCUT2D eigenvalue weighted by atomic mass is 10.1. The molecule has 2 aromatic carbocycles. The molecule has 1 saturated heterocycles. The molecule has 1 aromatic heterocycles. The first-order valence-electron chi connectivity index (χ1n) is 10.2. The average Bonchev–Trinajstić information content (AvgIpc) is 3.35. The van der Waals surface area contributed by atoms with Crippen molar-refractivity contribution in [2.24, 2.45) is 0 Å². The highest BCUT2D eigenvalue weighted by molar-refractivity contribution is 7.89. The Kier molecular flexibility index (Phi) is 5.05. The highest BCUT2D eigenvalue weighted by Crippen LogP contribution is 2.26. The van der Waals surface area contributed by atoms with Crippen LogP contribution in [0.15, 0.2) is 47.5 Å². The molecule has 1 fully saturated rings. The summed E-state index contributed by atoms with van der Waals surface area (Å²) in [7, 11) is -1.62. The molecule has 7 nitrogen and oxygen atoms in total. The minimum Gasteiger partial charge on any atom is -0.345 e. The van der Waals surface area contributed by atoms with Gasteiger partial charge in [-0.25, -0.2) is 8.42 Å². The first kappa shape index (κ1) is 20.5. The Labute approximate surface area is 186 Å². The number of nitrogens with zero attached hydrogens (tertiary/aromatic N) is 3. The van der Waals surface area contributed by atoms with E-state index >= 15 is 0 Å². The average molecular weight is 459 g/mol. The number of halogens is 1. The van der Waals surface area contributed by atoms with Crippen LogP contribution in [0.3, 0.4) is 0 Å². The lowest BCUT2D eigenvalue weighted by Crippen LogP contribution is -2.50. The molecule has 9 heteroatoms. The van der Waals surface area contributed by atoms with Gasteiger partial charge in [-0.2, -0.15) is 4.31 Å². The Morgan fingerprint density at radius 1 is 0.968 bits per heavy atom. The molecule has 162 valence electrons. The summed E-state index contributed by atoms with van der Waals surface area (Å²) < 4.78 is 27.6. The summed E-state index contributed by atoms with van der Waals surface area (Å²) in [6.07, 6.45) is 0. The summed E-state index contributed by atoms with van der Waals surface area (Å²) in [5, 5.41) is 1.45. The van der Waals surface area contributed by atoms with Gasteiger partial charge in [-0.05, 0) is 54.6 Å². The van der Waals surface area contributed by atoms with Crippen molar-refractivity contribution < 1.29 is 13.2 Å². The number of aromatic nitrogens is 1. The summed E-state index contributed by atoms with van der Waals surface area (Å²) in [6.45, 7) is 3.00. The summed E-state index contributed by atoms with van der Waals surface area (Å²) in [6, 6.07) is 12.7. The van der Waals surface area contributed by atoms with Crippen LogP contribution < -0.4 is 0 Å². The van der Waals surface area contributed by atoms with Gasteiger partial charge in [0, 0.05) is 60.8 Å². The van der Waals surface area contributed by atoms with Crippen LogP contribution in [0.5, 0.6) is 0 Å². The summed E-state index contributed by atoms with van der Waals surface area (Å²) in [4.78, 5) is 19.9. The minimum atomic E-state index is -3.67. The topological polar surface area (TPSA) is 76.7 Å². The third-order valence-corrected chi connectivity index (χ3v) is 8.09. The largest absolute Gasteiger partial charge is 0.345 e. The van der Waals surface area contributed by atoms with Crippen LogP contribution in [0.1, 0.15) is 21.5 Å². The van der Waals surface area contributed by atoms with Crippen molar-refractivity contribution >= 4 is 38.4 Å². The highest BCUT2D eigenvalue weighted by atomic mass is 35.5. The van der Waals surface area contributed by atoms with E-state index in [-0.39, 0.29) is 24.0 Å². The van der Waals surface area contributed by atoms with E-state index in [0.717, 1.165) is 24.0 Å². The molecular weight excluding hydrogens is 436 g/mol. The van der Waals surface area contributed by atoms with Crippen molar-refractivity contribution in [3.05, 3.63) is 64.2 Å². The van der Waals surface area contributed by atoms with E-state index in [4.69, 9.17) is 11.6 Å². The van der Waals surface area contributed by atoms with Gasteiger partial charge >= 0.3 is 0 Å². The van der Waals surface area contributed by atoms with Gasteiger partial charge in [0.15, 0.2) is 0 Å². The lowest BCUT2D eigenvalue weighted by molar-refractivity contribution is 0.0697. The smallest absolute Gasteiger partial charge is 0.258 e. The van der Waals surface area contributed by atoms with Crippen LogP contribution in [0.2, 0.25) is 5.02 Å². The minimum absolute atomic E-state index is 0.0466. The Morgan fingerprint density at radius 2 is 1.71 bits per heavy atom. The number of hydrogen-bond donors (Lipinski definition) is 1. The third kappa shape index (κ3) is 3.74. The maximum Gasteiger partial charge on any atom is 0.258 e. The Morgan fingerprint density at radius 3 is 2.48 bits per heavy atom. The van der Waals surface area contributed by atoms with Crippen molar-refractivity contribution in [3.8, 4) is 0 Å². The van der Waals surface area contributed by atoms with E-state index in [1.807, 2.05) is 18.2 Å². The highest BCUT2D eigenvalue weighted by Gasteiger charge is 2.32. The number of carbonyl (C=O) groups is 1. The quantitative estimate of drug-likeness (QED) is 0.654. The monoisotopic (exact) mass is 458 g/mol. The summed E-state index contributed by atoms with van der Waals surface area (Å²) in [5.41, 5.74) is 3.83. The van der Waals surface area contributed by atoms with Gasteiger partial charge in [0.2, 0.25) is 0 Å². The number of H-pyrrole nitrogens is 1. The molecule has 0 bridgehead atoms. The maximum absolute atomic E-state index is 13.1. The van der Waals surface area contributed by atoms with Gasteiger partial charge in [-0.1, -0.05) is 17.7 Å². The molecule has 0 radical (unpaired) electrons. The number of hydrogen-bond acceptors (Lipinski definition) is 4. The third-order valence-electron chi connectivity index (χ3n) is 6.04. The van der Waals surface area contributed by atoms with Gasteiger partial charge in [-0.15, -0.1) is 0 Å². The molecule has 5 rings (SSSR count). The van der Waals surface area contributed by atoms with E-state index in [2.05, 4.69) is 16.9 Å². The van der Waals surface area contributed by atoms with E-state index < -0.39 is 10.0 Å². The molecule has 3 heterocycles. The number of nitrogens with one attached hydrogen (secondary N) is 1. The van der Waals surface area contributed by atoms with E-state index in [9.17, 15) is 13.2 Å². The summed E-state index contributed by atoms with van der Waals surface area (Å²) in [5.74, 6) is -0.0466. The second-order valence-electron chi connectivity index (χ2n) is 8.22. The van der Waals surface area contributed by atoms with Crippen molar-refractivity contribution in [1.29, 1.82) is 0 Å². The first-order valence-corrected chi connectivity index (χ1v) is 12.0. The second kappa shape index (κ2) is 7.63. The summed E-state index contributed by atoms with van der Waals surface area (Å²) >= 11 is 6.01. The molecule has 31 heavy (non-hydrogen) atoms. The van der Waals surface area contributed by atoms with Crippen LogP contribution in [0.25, 0.3) is 10.9 Å². The zero-order valence-corrected chi connectivity index (χ0v) is 18.7. The van der Waals surface area contributed by atoms with Crippen LogP contribution >= 0.6 is 11.6 Å². The van der Waals surface area contributed by atoms with Gasteiger partial charge in [-0.3, -0.25) is 9.69 Å². The number of amides is 1. The number of aromatic amines is 1. The zero-order chi connectivity index (χ0) is 21.8. The predicted octanol–water partition coefficient (Wildman–Crippen LogP) is 2.91. The Hall–Kier alpha value is -2.39. The zero-order valence-electron chi connectivity index (χ0n) is 17.1. The molecule has 0 aliphatic carbocycles. The lowest BCUT2D eigenvalue weighted by Gasteiger charge is -2.33. The number of piperazine rings is 1. The normalized spacial score (nSPS) is 17.9. The SMILES string of the molecule is CN1Cc2ccc(C(=O)N3CCN(S(=O)(=O)c4cc5cc(Cl)ccc5[nH]4)CC3)cc2C1. The van der Waals surface area contributed by atoms with Gasteiger partial charge in [0.1, 0.15) is 5.03 Å². The molecule has 0 unspecified atom stereocenters. The predicted molar refractivity (Wildman–Crippen MR) is 120 cm³/mol. The number of fused-ring (bicyclic) bond motifs is 2. The fraction of sp³-hybridized carbons (Fsp3) is 0.318.